The summed E-state index contributed by atoms with van der Waals surface area (Å²) < 4.78 is 5.22. The van der Waals surface area contributed by atoms with E-state index in [1.54, 1.807) is 0 Å². The van der Waals surface area contributed by atoms with E-state index in [1.807, 2.05) is 39.0 Å². The fourth-order valence-corrected chi connectivity index (χ4v) is 2.00. The van der Waals surface area contributed by atoms with Gasteiger partial charge in [-0.05, 0) is 38.5 Å². The SMILES string of the molecule is CC(C)(C)OC(=O)Nc1cc(C2CNC2)ccc1Cl. The summed E-state index contributed by atoms with van der Waals surface area (Å²) in [5.74, 6) is 0.497. The van der Waals surface area contributed by atoms with E-state index < -0.39 is 11.7 Å². The number of hydrogen-bond donors (Lipinski definition) is 2. The first-order chi connectivity index (χ1) is 8.85. The topological polar surface area (TPSA) is 50.4 Å². The van der Waals surface area contributed by atoms with Crippen LogP contribution in [-0.2, 0) is 4.74 Å². The molecule has 104 valence electrons. The zero-order chi connectivity index (χ0) is 14.0. The lowest BCUT2D eigenvalue weighted by Gasteiger charge is -2.28. The van der Waals surface area contributed by atoms with Gasteiger partial charge in [0.05, 0.1) is 10.7 Å². The predicted molar refractivity (Wildman–Crippen MR) is 76.9 cm³/mol. The number of ether oxygens (including phenoxy) is 1. The monoisotopic (exact) mass is 282 g/mol. The fourth-order valence-electron chi connectivity index (χ4n) is 1.83. The molecule has 0 unspecified atom stereocenters. The molecule has 5 heteroatoms. The lowest BCUT2D eigenvalue weighted by atomic mass is 9.93. The highest BCUT2D eigenvalue weighted by molar-refractivity contribution is 6.33. The third-order valence-corrected chi connectivity index (χ3v) is 3.21. The van der Waals surface area contributed by atoms with E-state index in [0.29, 0.717) is 16.6 Å². The summed E-state index contributed by atoms with van der Waals surface area (Å²) in [4.78, 5) is 11.7. The quantitative estimate of drug-likeness (QED) is 0.874. The molecule has 0 aromatic heterocycles. The first-order valence-electron chi connectivity index (χ1n) is 6.35. The van der Waals surface area contributed by atoms with Gasteiger partial charge in [0.2, 0.25) is 0 Å². The molecule has 1 aromatic rings. The third-order valence-electron chi connectivity index (χ3n) is 2.88. The molecule has 1 aromatic carbocycles. The summed E-state index contributed by atoms with van der Waals surface area (Å²) >= 11 is 6.09. The van der Waals surface area contributed by atoms with E-state index in [0.717, 1.165) is 13.1 Å². The van der Waals surface area contributed by atoms with E-state index in [2.05, 4.69) is 10.6 Å². The molecule has 0 spiro atoms. The van der Waals surface area contributed by atoms with Crippen LogP contribution < -0.4 is 10.6 Å². The van der Waals surface area contributed by atoms with Gasteiger partial charge in [-0.25, -0.2) is 4.79 Å². The number of carbonyl (C=O) groups is 1. The summed E-state index contributed by atoms with van der Waals surface area (Å²) in [6, 6.07) is 5.72. The number of amides is 1. The van der Waals surface area contributed by atoms with Gasteiger partial charge < -0.3 is 10.1 Å². The van der Waals surface area contributed by atoms with E-state index in [1.165, 1.54) is 5.56 Å². The number of rotatable bonds is 2. The van der Waals surface area contributed by atoms with Crippen LogP contribution in [0.15, 0.2) is 18.2 Å². The van der Waals surface area contributed by atoms with Gasteiger partial charge in [-0.1, -0.05) is 17.7 Å². The normalized spacial score (nSPS) is 15.8. The van der Waals surface area contributed by atoms with Crippen LogP contribution in [0.1, 0.15) is 32.3 Å². The number of hydrogen-bond acceptors (Lipinski definition) is 3. The van der Waals surface area contributed by atoms with E-state index >= 15 is 0 Å². The fraction of sp³-hybridized carbons (Fsp3) is 0.500. The predicted octanol–water partition coefficient (Wildman–Crippen LogP) is 3.37. The lowest BCUT2D eigenvalue weighted by Crippen LogP contribution is -2.39. The van der Waals surface area contributed by atoms with Crippen molar-refractivity contribution in [1.29, 1.82) is 0 Å². The molecular weight excluding hydrogens is 264 g/mol. The Kier molecular flexibility index (Phi) is 4.02. The molecule has 1 saturated heterocycles. The average Bonchev–Trinajstić information content (AvgIpc) is 2.17. The Bertz CT molecular complexity index is 479. The Morgan fingerprint density at radius 1 is 1.42 bits per heavy atom. The van der Waals surface area contributed by atoms with Crippen molar-refractivity contribution in [3.8, 4) is 0 Å². The molecule has 0 atom stereocenters. The van der Waals surface area contributed by atoms with Crippen molar-refractivity contribution in [2.75, 3.05) is 18.4 Å². The van der Waals surface area contributed by atoms with Crippen molar-refractivity contribution in [2.24, 2.45) is 0 Å². The van der Waals surface area contributed by atoms with Gasteiger partial charge in [0.25, 0.3) is 0 Å². The molecule has 0 aliphatic carbocycles. The molecule has 4 nitrogen and oxygen atoms in total. The summed E-state index contributed by atoms with van der Waals surface area (Å²) in [6.45, 7) is 7.40. The third kappa shape index (κ3) is 3.85. The van der Waals surface area contributed by atoms with Crippen LogP contribution in [0.4, 0.5) is 10.5 Å². The maximum atomic E-state index is 11.7. The van der Waals surface area contributed by atoms with Crippen LogP contribution in [0, 0.1) is 0 Å². The summed E-state index contributed by atoms with van der Waals surface area (Å²) in [5, 5.41) is 6.43. The number of benzene rings is 1. The van der Waals surface area contributed by atoms with E-state index in [9.17, 15) is 4.79 Å². The second-order valence-corrected chi connectivity index (χ2v) is 6.13. The molecule has 1 aliphatic heterocycles. The average molecular weight is 283 g/mol. The molecule has 1 aliphatic rings. The highest BCUT2D eigenvalue weighted by Crippen LogP contribution is 2.28. The van der Waals surface area contributed by atoms with Gasteiger partial charge in [-0.2, -0.15) is 0 Å². The smallest absolute Gasteiger partial charge is 0.412 e. The zero-order valence-corrected chi connectivity index (χ0v) is 12.2. The van der Waals surface area contributed by atoms with Crippen LogP contribution in [-0.4, -0.2) is 24.8 Å². The second kappa shape index (κ2) is 5.39. The van der Waals surface area contributed by atoms with Gasteiger partial charge in [0.1, 0.15) is 5.60 Å². The molecule has 0 saturated carbocycles. The molecule has 1 heterocycles. The van der Waals surface area contributed by atoms with Crippen molar-refractivity contribution in [1.82, 2.24) is 5.32 Å². The Balaban J connectivity index is 2.08. The number of carbonyl (C=O) groups excluding carboxylic acids is 1. The molecule has 0 radical (unpaired) electrons. The van der Waals surface area contributed by atoms with Gasteiger partial charge in [0, 0.05) is 19.0 Å². The summed E-state index contributed by atoms with van der Waals surface area (Å²) in [5.41, 5.74) is 1.25. The minimum Gasteiger partial charge on any atom is -0.444 e. The zero-order valence-electron chi connectivity index (χ0n) is 11.4. The van der Waals surface area contributed by atoms with Gasteiger partial charge >= 0.3 is 6.09 Å². The van der Waals surface area contributed by atoms with Crippen molar-refractivity contribution in [3.63, 3.8) is 0 Å². The molecule has 0 bridgehead atoms. The molecule has 19 heavy (non-hydrogen) atoms. The van der Waals surface area contributed by atoms with Crippen LogP contribution in [0.25, 0.3) is 0 Å². The van der Waals surface area contributed by atoms with Crippen LogP contribution in [0.3, 0.4) is 0 Å². The highest BCUT2D eigenvalue weighted by atomic mass is 35.5. The van der Waals surface area contributed by atoms with Crippen molar-refractivity contribution in [3.05, 3.63) is 28.8 Å². The minimum atomic E-state index is -0.522. The Morgan fingerprint density at radius 2 is 2.11 bits per heavy atom. The molecule has 1 fully saturated rings. The molecule has 2 rings (SSSR count). The van der Waals surface area contributed by atoms with Crippen LogP contribution in [0.5, 0.6) is 0 Å². The van der Waals surface area contributed by atoms with E-state index in [-0.39, 0.29) is 0 Å². The van der Waals surface area contributed by atoms with Crippen molar-refractivity contribution in [2.45, 2.75) is 32.3 Å². The van der Waals surface area contributed by atoms with Crippen LogP contribution >= 0.6 is 11.6 Å². The summed E-state index contributed by atoms with van der Waals surface area (Å²) in [6.07, 6.45) is -0.488. The van der Waals surface area contributed by atoms with E-state index in [4.69, 9.17) is 16.3 Å². The number of nitrogens with one attached hydrogen (secondary N) is 2. The number of anilines is 1. The van der Waals surface area contributed by atoms with Crippen molar-refractivity contribution >= 4 is 23.4 Å². The molecule has 1 amide bonds. The Hall–Kier alpha value is -1.26. The molecular formula is C14H19ClN2O2. The maximum absolute atomic E-state index is 11.7. The van der Waals surface area contributed by atoms with Crippen LogP contribution in [0.2, 0.25) is 5.02 Å². The Labute approximate surface area is 118 Å². The standard InChI is InChI=1S/C14H19ClN2O2/c1-14(2,3)19-13(18)17-12-6-9(4-5-11(12)15)10-7-16-8-10/h4-6,10,16H,7-8H2,1-3H3,(H,17,18). The lowest BCUT2D eigenvalue weighted by molar-refractivity contribution is 0.0636. The minimum absolute atomic E-state index is 0.488. The van der Waals surface area contributed by atoms with Gasteiger partial charge in [-0.15, -0.1) is 0 Å². The number of halogens is 1. The maximum Gasteiger partial charge on any atom is 0.412 e. The van der Waals surface area contributed by atoms with Gasteiger partial charge in [0.15, 0.2) is 0 Å². The molecule has 2 N–H and O–H groups in total. The summed E-state index contributed by atoms with van der Waals surface area (Å²) in [7, 11) is 0. The Morgan fingerprint density at radius 3 is 2.63 bits per heavy atom. The highest BCUT2D eigenvalue weighted by Gasteiger charge is 2.21. The van der Waals surface area contributed by atoms with Gasteiger partial charge in [-0.3, -0.25) is 5.32 Å². The first kappa shape index (κ1) is 14.2. The first-order valence-corrected chi connectivity index (χ1v) is 6.73. The second-order valence-electron chi connectivity index (χ2n) is 5.72. The van der Waals surface area contributed by atoms with Crippen molar-refractivity contribution < 1.29 is 9.53 Å². The largest absolute Gasteiger partial charge is 0.444 e.